The lowest BCUT2D eigenvalue weighted by atomic mass is 9.91. The van der Waals surface area contributed by atoms with E-state index in [4.69, 9.17) is 0 Å². The summed E-state index contributed by atoms with van der Waals surface area (Å²) >= 11 is 0. The molecule has 0 saturated carbocycles. The molecule has 1 radical (unpaired) electrons. The topological polar surface area (TPSA) is 0 Å². The van der Waals surface area contributed by atoms with E-state index >= 15 is 0 Å². The molecule has 89 valence electrons. The number of hydrogen-bond acceptors (Lipinski definition) is 0. The Kier molecular flexibility index (Phi) is 2.29. The van der Waals surface area contributed by atoms with Crippen LogP contribution in [0.5, 0.6) is 0 Å². The monoisotopic (exact) mass is 233 g/mol. The van der Waals surface area contributed by atoms with Gasteiger partial charge in [0.25, 0.3) is 0 Å². The molecule has 0 amide bonds. The third kappa shape index (κ3) is 1.52. The smallest absolute Gasteiger partial charge is 0.00955 e. The molecule has 0 saturated heterocycles. The zero-order valence-corrected chi connectivity index (χ0v) is 10.6. The number of aryl methyl sites for hydroxylation is 3. The van der Waals surface area contributed by atoms with Crippen molar-refractivity contribution in [2.75, 3.05) is 0 Å². The second-order valence-corrected chi connectivity index (χ2v) is 5.58. The van der Waals surface area contributed by atoms with E-state index in [0.29, 0.717) is 5.92 Å². The van der Waals surface area contributed by atoms with Crippen molar-refractivity contribution in [3.05, 3.63) is 70.3 Å². The molecule has 2 aliphatic carbocycles. The summed E-state index contributed by atoms with van der Waals surface area (Å²) in [7, 11) is 0. The first-order valence-corrected chi connectivity index (χ1v) is 7.03. The summed E-state index contributed by atoms with van der Waals surface area (Å²) in [4.78, 5) is 0. The third-order valence-corrected chi connectivity index (χ3v) is 4.56. The highest BCUT2D eigenvalue weighted by Gasteiger charge is 2.24. The number of hydrogen-bond donors (Lipinski definition) is 0. The highest BCUT2D eigenvalue weighted by molar-refractivity contribution is 5.45. The molecule has 1 unspecified atom stereocenters. The highest BCUT2D eigenvalue weighted by Crippen LogP contribution is 2.39. The summed E-state index contributed by atoms with van der Waals surface area (Å²) in [6.07, 6.45) is 6.36. The van der Waals surface area contributed by atoms with Gasteiger partial charge in [-0.05, 0) is 66.0 Å². The SMILES string of the molecule is [c]1cccc2c1CCC2c1ccc2c(c1)CCC2. The summed E-state index contributed by atoms with van der Waals surface area (Å²) in [5, 5.41) is 0. The summed E-state index contributed by atoms with van der Waals surface area (Å²) in [6, 6.07) is 17.1. The fourth-order valence-corrected chi connectivity index (χ4v) is 3.63. The Morgan fingerprint density at radius 1 is 1.00 bits per heavy atom. The highest BCUT2D eigenvalue weighted by atomic mass is 14.3. The van der Waals surface area contributed by atoms with Gasteiger partial charge in [-0.2, -0.15) is 0 Å². The second-order valence-electron chi connectivity index (χ2n) is 5.58. The zero-order chi connectivity index (χ0) is 11.9. The Bertz CT molecular complexity index is 595. The maximum Gasteiger partial charge on any atom is 0.00955 e. The maximum atomic E-state index is 3.40. The van der Waals surface area contributed by atoms with Crippen LogP contribution < -0.4 is 0 Å². The van der Waals surface area contributed by atoms with E-state index in [2.05, 4.69) is 36.4 Å². The van der Waals surface area contributed by atoms with Crippen molar-refractivity contribution < 1.29 is 0 Å². The lowest BCUT2D eigenvalue weighted by molar-refractivity contribution is 0.786. The van der Waals surface area contributed by atoms with Crippen LogP contribution in [-0.2, 0) is 19.3 Å². The van der Waals surface area contributed by atoms with Gasteiger partial charge in [-0.15, -0.1) is 0 Å². The predicted molar refractivity (Wildman–Crippen MR) is 73.9 cm³/mol. The standard InChI is InChI=1S/C18H17/c1-2-7-17-14(4-1)10-11-18(17)16-9-8-13-5-3-6-15(13)12-16/h1-2,7-9,12,18H,3,5-6,10-11H2. The van der Waals surface area contributed by atoms with E-state index in [-0.39, 0.29) is 0 Å². The van der Waals surface area contributed by atoms with Crippen molar-refractivity contribution >= 4 is 0 Å². The van der Waals surface area contributed by atoms with Gasteiger partial charge in [-0.1, -0.05) is 36.4 Å². The first kappa shape index (κ1) is 10.4. The van der Waals surface area contributed by atoms with Gasteiger partial charge in [0, 0.05) is 5.92 Å². The molecule has 0 heterocycles. The van der Waals surface area contributed by atoms with Crippen LogP contribution in [0, 0.1) is 6.07 Å². The molecule has 2 aromatic carbocycles. The minimum Gasteiger partial charge on any atom is -0.0613 e. The molecular formula is C18H17. The van der Waals surface area contributed by atoms with Gasteiger partial charge in [0.2, 0.25) is 0 Å². The molecule has 0 spiro atoms. The molecule has 0 N–H and O–H groups in total. The van der Waals surface area contributed by atoms with Gasteiger partial charge in [0.05, 0.1) is 0 Å². The van der Waals surface area contributed by atoms with Crippen molar-refractivity contribution in [2.24, 2.45) is 0 Å². The van der Waals surface area contributed by atoms with Gasteiger partial charge in [-0.25, -0.2) is 0 Å². The Labute approximate surface area is 109 Å². The molecule has 0 aliphatic heterocycles. The summed E-state index contributed by atoms with van der Waals surface area (Å²) in [6.45, 7) is 0. The van der Waals surface area contributed by atoms with Gasteiger partial charge >= 0.3 is 0 Å². The van der Waals surface area contributed by atoms with Gasteiger partial charge in [0.1, 0.15) is 0 Å². The van der Waals surface area contributed by atoms with Gasteiger partial charge in [0.15, 0.2) is 0 Å². The summed E-state index contributed by atoms with van der Waals surface area (Å²) in [5.41, 5.74) is 7.64. The normalized spacial score (nSPS) is 20.8. The molecule has 0 nitrogen and oxygen atoms in total. The van der Waals surface area contributed by atoms with Gasteiger partial charge < -0.3 is 0 Å². The quantitative estimate of drug-likeness (QED) is 0.697. The van der Waals surface area contributed by atoms with E-state index in [0.717, 1.165) is 0 Å². The Balaban J connectivity index is 1.77. The van der Waals surface area contributed by atoms with Crippen molar-refractivity contribution in [1.82, 2.24) is 0 Å². The lowest BCUT2D eigenvalue weighted by Crippen LogP contribution is -1.97. The van der Waals surface area contributed by atoms with Crippen molar-refractivity contribution in [3.8, 4) is 0 Å². The van der Waals surface area contributed by atoms with E-state index < -0.39 is 0 Å². The fraction of sp³-hybridized carbons (Fsp3) is 0.333. The van der Waals surface area contributed by atoms with Crippen molar-refractivity contribution in [3.63, 3.8) is 0 Å². The van der Waals surface area contributed by atoms with Crippen LogP contribution in [0.1, 0.15) is 46.6 Å². The zero-order valence-electron chi connectivity index (χ0n) is 10.6. The molecule has 2 aliphatic rings. The Morgan fingerprint density at radius 2 is 1.94 bits per heavy atom. The largest absolute Gasteiger partial charge is 0.0613 e. The van der Waals surface area contributed by atoms with Crippen LogP contribution in [0.4, 0.5) is 0 Å². The van der Waals surface area contributed by atoms with Crippen molar-refractivity contribution in [2.45, 2.75) is 38.0 Å². The lowest BCUT2D eigenvalue weighted by Gasteiger charge is -2.13. The van der Waals surface area contributed by atoms with Crippen LogP contribution in [0.15, 0.2) is 36.4 Å². The van der Waals surface area contributed by atoms with E-state index in [1.54, 1.807) is 11.1 Å². The van der Waals surface area contributed by atoms with Crippen LogP contribution in [0.2, 0.25) is 0 Å². The summed E-state index contributed by atoms with van der Waals surface area (Å²) < 4.78 is 0. The molecule has 0 heteroatoms. The van der Waals surface area contributed by atoms with Crippen LogP contribution >= 0.6 is 0 Å². The average Bonchev–Trinajstić information content (AvgIpc) is 3.04. The number of fused-ring (bicyclic) bond motifs is 2. The molecule has 2 aromatic rings. The van der Waals surface area contributed by atoms with Crippen LogP contribution in [-0.4, -0.2) is 0 Å². The van der Waals surface area contributed by atoms with Crippen LogP contribution in [0.25, 0.3) is 0 Å². The Hall–Kier alpha value is -1.56. The number of rotatable bonds is 1. The minimum atomic E-state index is 0.614. The average molecular weight is 233 g/mol. The Morgan fingerprint density at radius 3 is 2.94 bits per heavy atom. The van der Waals surface area contributed by atoms with E-state index in [1.807, 2.05) is 6.07 Å². The van der Waals surface area contributed by atoms with E-state index in [9.17, 15) is 0 Å². The molecule has 0 fully saturated rings. The first-order chi connectivity index (χ1) is 8.92. The first-order valence-electron chi connectivity index (χ1n) is 7.03. The number of benzene rings is 2. The fourth-order valence-electron chi connectivity index (χ4n) is 3.63. The molecule has 4 rings (SSSR count). The molecule has 0 aromatic heterocycles. The van der Waals surface area contributed by atoms with E-state index in [1.165, 1.54) is 48.8 Å². The molecule has 1 atom stereocenters. The second kappa shape index (κ2) is 3.98. The predicted octanol–water partition coefficient (Wildman–Crippen LogP) is 4.05. The minimum absolute atomic E-state index is 0.614. The maximum absolute atomic E-state index is 3.40. The molecule has 0 bridgehead atoms. The van der Waals surface area contributed by atoms with Crippen LogP contribution in [0.3, 0.4) is 0 Å². The summed E-state index contributed by atoms with van der Waals surface area (Å²) in [5.74, 6) is 0.614. The van der Waals surface area contributed by atoms with Crippen molar-refractivity contribution in [1.29, 1.82) is 0 Å². The van der Waals surface area contributed by atoms with Gasteiger partial charge in [-0.3, -0.25) is 0 Å². The molecule has 18 heavy (non-hydrogen) atoms. The molecular weight excluding hydrogens is 216 g/mol. The third-order valence-electron chi connectivity index (χ3n) is 4.56.